The quantitative estimate of drug-likeness (QED) is 0.664. The van der Waals surface area contributed by atoms with E-state index in [0.717, 1.165) is 43.1 Å². The van der Waals surface area contributed by atoms with Crippen LogP contribution in [0.25, 0.3) is 10.9 Å². The van der Waals surface area contributed by atoms with Gasteiger partial charge in [0.25, 0.3) is 0 Å². The molecule has 4 nitrogen and oxygen atoms in total. The molecular weight excluding hydrogens is 380 g/mol. The lowest BCUT2D eigenvalue weighted by Crippen LogP contribution is -2.27. The van der Waals surface area contributed by atoms with Gasteiger partial charge in [0.2, 0.25) is 0 Å². The number of hydrogen-bond donors (Lipinski definition) is 0. The minimum absolute atomic E-state index is 0.382. The molecule has 0 unspecified atom stereocenters. The standard InChI is InChI=1S/C21H23ClN2O2S/c1-23-10-9-21-19(14-23)18-13-16(22)6-7-20(18)24(21)11-8-15-4-3-5-17(12-15)27(2,25)26/h3-7,12-13H,8-11,14H2,1-2H3. The molecule has 142 valence electrons. The summed E-state index contributed by atoms with van der Waals surface area (Å²) in [5, 5.41) is 1.99. The van der Waals surface area contributed by atoms with Gasteiger partial charge < -0.3 is 9.47 Å². The first-order chi connectivity index (χ1) is 12.8. The summed E-state index contributed by atoms with van der Waals surface area (Å²) in [6.07, 6.45) is 3.06. The normalized spacial score (nSPS) is 15.2. The van der Waals surface area contributed by atoms with Crippen molar-refractivity contribution in [2.45, 2.75) is 30.8 Å². The second-order valence-electron chi connectivity index (χ2n) is 7.40. The maximum absolute atomic E-state index is 11.8. The van der Waals surface area contributed by atoms with Crippen LogP contribution in [0.4, 0.5) is 0 Å². The number of rotatable bonds is 4. The summed E-state index contributed by atoms with van der Waals surface area (Å²) in [5.74, 6) is 0. The van der Waals surface area contributed by atoms with Gasteiger partial charge >= 0.3 is 0 Å². The number of hydrogen-bond acceptors (Lipinski definition) is 3. The minimum atomic E-state index is -3.18. The zero-order valence-electron chi connectivity index (χ0n) is 15.6. The van der Waals surface area contributed by atoms with Crippen molar-refractivity contribution in [3.05, 3.63) is 64.3 Å². The molecule has 1 aliphatic rings. The van der Waals surface area contributed by atoms with Gasteiger partial charge in [-0.1, -0.05) is 23.7 Å². The highest BCUT2D eigenvalue weighted by Crippen LogP contribution is 2.32. The molecule has 0 spiro atoms. The Morgan fingerprint density at radius 3 is 2.74 bits per heavy atom. The van der Waals surface area contributed by atoms with E-state index in [9.17, 15) is 8.42 Å². The maximum Gasteiger partial charge on any atom is 0.175 e. The predicted octanol–water partition coefficient (Wildman–Crippen LogP) is 3.93. The summed E-state index contributed by atoms with van der Waals surface area (Å²) < 4.78 is 26.0. The minimum Gasteiger partial charge on any atom is -0.344 e. The molecule has 3 aromatic rings. The molecule has 0 N–H and O–H groups in total. The lowest BCUT2D eigenvalue weighted by Gasteiger charge is -2.24. The van der Waals surface area contributed by atoms with E-state index >= 15 is 0 Å². The molecule has 0 bridgehead atoms. The van der Waals surface area contributed by atoms with Crippen molar-refractivity contribution >= 4 is 32.3 Å². The molecule has 0 aliphatic carbocycles. The molecule has 2 heterocycles. The fourth-order valence-electron chi connectivity index (χ4n) is 3.99. The van der Waals surface area contributed by atoms with Crippen molar-refractivity contribution in [2.75, 3.05) is 19.8 Å². The van der Waals surface area contributed by atoms with E-state index in [1.807, 2.05) is 18.2 Å². The van der Waals surface area contributed by atoms with Crippen LogP contribution in [0.1, 0.15) is 16.8 Å². The fraction of sp³-hybridized carbons (Fsp3) is 0.333. The number of benzene rings is 2. The van der Waals surface area contributed by atoms with E-state index < -0.39 is 9.84 Å². The second-order valence-corrected chi connectivity index (χ2v) is 9.85. The summed E-state index contributed by atoms with van der Waals surface area (Å²) in [6.45, 7) is 2.80. The van der Waals surface area contributed by atoms with Crippen LogP contribution in [0.5, 0.6) is 0 Å². The Morgan fingerprint density at radius 2 is 1.96 bits per heavy atom. The smallest absolute Gasteiger partial charge is 0.175 e. The third-order valence-electron chi connectivity index (χ3n) is 5.36. The SMILES string of the molecule is CN1CCc2c(c3cc(Cl)ccc3n2CCc2cccc(S(C)(=O)=O)c2)C1. The Balaban J connectivity index is 1.71. The van der Waals surface area contributed by atoms with E-state index in [1.165, 1.54) is 28.4 Å². The van der Waals surface area contributed by atoms with E-state index in [1.54, 1.807) is 12.1 Å². The molecule has 0 amide bonds. The zero-order chi connectivity index (χ0) is 19.2. The van der Waals surface area contributed by atoms with E-state index in [-0.39, 0.29) is 0 Å². The third-order valence-corrected chi connectivity index (χ3v) is 6.70. The van der Waals surface area contributed by atoms with Crippen LogP contribution in [0.2, 0.25) is 5.02 Å². The van der Waals surface area contributed by atoms with Gasteiger partial charge in [-0.2, -0.15) is 0 Å². The summed E-state index contributed by atoms with van der Waals surface area (Å²) in [6, 6.07) is 13.4. The molecule has 2 aromatic carbocycles. The molecule has 1 aliphatic heterocycles. The lowest BCUT2D eigenvalue weighted by molar-refractivity contribution is 0.309. The van der Waals surface area contributed by atoms with Crippen LogP contribution in [-0.2, 0) is 35.8 Å². The van der Waals surface area contributed by atoms with Crippen LogP contribution >= 0.6 is 11.6 Å². The number of halogens is 1. The van der Waals surface area contributed by atoms with Gasteiger partial charge in [-0.15, -0.1) is 0 Å². The Kier molecular flexibility index (Phi) is 4.78. The summed E-state index contributed by atoms with van der Waals surface area (Å²) in [4.78, 5) is 2.72. The number of aryl methyl sites for hydroxylation is 2. The first-order valence-corrected chi connectivity index (χ1v) is 11.4. The highest BCUT2D eigenvalue weighted by molar-refractivity contribution is 7.90. The molecule has 27 heavy (non-hydrogen) atoms. The van der Waals surface area contributed by atoms with Gasteiger partial charge in [0.15, 0.2) is 9.84 Å². The molecule has 0 saturated carbocycles. The molecule has 0 radical (unpaired) electrons. The molecule has 0 saturated heterocycles. The highest BCUT2D eigenvalue weighted by Gasteiger charge is 2.22. The Bertz CT molecular complexity index is 1120. The second kappa shape index (κ2) is 6.97. The molecule has 4 rings (SSSR count). The summed E-state index contributed by atoms with van der Waals surface area (Å²) in [7, 11) is -1.04. The van der Waals surface area contributed by atoms with Crippen molar-refractivity contribution in [1.82, 2.24) is 9.47 Å². The lowest BCUT2D eigenvalue weighted by atomic mass is 10.1. The molecular formula is C21H23ClN2O2S. The van der Waals surface area contributed by atoms with Crippen LogP contribution in [0, 0.1) is 0 Å². The summed E-state index contributed by atoms with van der Waals surface area (Å²) in [5.41, 5.74) is 4.99. The van der Waals surface area contributed by atoms with Gasteiger partial charge in [-0.05, 0) is 54.9 Å². The molecule has 0 atom stereocenters. The largest absolute Gasteiger partial charge is 0.344 e. The van der Waals surface area contributed by atoms with Gasteiger partial charge in [0.1, 0.15) is 0 Å². The van der Waals surface area contributed by atoms with E-state index in [4.69, 9.17) is 11.6 Å². The molecule has 6 heteroatoms. The first-order valence-electron chi connectivity index (χ1n) is 9.10. The van der Waals surface area contributed by atoms with Crippen molar-refractivity contribution in [3.63, 3.8) is 0 Å². The Labute approximate surface area is 165 Å². The number of likely N-dealkylation sites (N-methyl/N-ethyl adjacent to an activating group) is 1. The molecule has 0 fully saturated rings. The van der Waals surface area contributed by atoms with Crippen molar-refractivity contribution in [3.8, 4) is 0 Å². The van der Waals surface area contributed by atoms with Crippen molar-refractivity contribution in [2.24, 2.45) is 0 Å². The first kappa shape index (κ1) is 18.5. The topological polar surface area (TPSA) is 42.3 Å². The molecule has 1 aromatic heterocycles. The van der Waals surface area contributed by atoms with E-state index in [0.29, 0.717) is 4.90 Å². The maximum atomic E-state index is 11.8. The highest BCUT2D eigenvalue weighted by atomic mass is 35.5. The number of sulfone groups is 1. The summed E-state index contributed by atoms with van der Waals surface area (Å²) >= 11 is 6.26. The van der Waals surface area contributed by atoms with Crippen LogP contribution in [0.3, 0.4) is 0 Å². The van der Waals surface area contributed by atoms with Crippen molar-refractivity contribution < 1.29 is 8.42 Å². The average Bonchev–Trinajstić information content (AvgIpc) is 2.92. The van der Waals surface area contributed by atoms with Gasteiger partial charge in [0, 0.05) is 53.9 Å². The van der Waals surface area contributed by atoms with Crippen molar-refractivity contribution in [1.29, 1.82) is 0 Å². The third kappa shape index (κ3) is 3.64. The van der Waals surface area contributed by atoms with Crippen LogP contribution < -0.4 is 0 Å². The van der Waals surface area contributed by atoms with Gasteiger partial charge in [0.05, 0.1) is 4.90 Å². The fourth-order valence-corrected chi connectivity index (χ4v) is 4.85. The van der Waals surface area contributed by atoms with Gasteiger partial charge in [-0.25, -0.2) is 8.42 Å². The average molecular weight is 403 g/mol. The number of aromatic nitrogens is 1. The zero-order valence-corrected chi connectivity index (χ0v) is 17.1. The Morgan fingerprint density at radius 1 is 1.15 bits per heavy atom. The number of fused-ring (bicyclic) bond motifs is 3. The van der Waals surface area contributed by atoms with Crippen LogP contribution in [0.15, 0.2) is 47.4 Å². The monoisotopic (exact) mass is 402 g/mol. The van der Waals surface area contributed by atoms with E-state index in [2.05, 4.69) is 28.6 Å². The predicted molar refractivity (Wildman–Crippen MR) is 110 cm³/mol. The van der Waals surface area contributed by atoms with Gasteiger partial charge in [-0.3, -0.25) is 0 Å². The Hall–Kier alpha value is -1.82. The number of nitrogens with zero attached hydrogens (tertiary/aromatic N) is 2. The van der Waals surface area contributed by atoms with Crippen LogP contribution in [-0.4, -0.2) is 37.7 Å².